The van der Waals surface area contributed by atoms with E-state index in [0.29, 0.717) is 29.9 Å². The number of aromatic nitrogens is 5. The summed E-state index contributed by atoms with van der Waals surface area (Å²) in [5, 5.41) is 7.93. The van der Waals surface area contributed by atoms with Crippen molar-refractivity contribution in [1.29, 1.82) is 0 Å². The highest BCUT2D eigenvalue weighted by Gasteiger charge is 2.23. The molecule has 0 amide bonds. The SMILES string of the molecule is CCOc1cnc(-c2noc(C(C)c3c(C)noc3C)n2)cn1. The molecule has 1 unspecified atom stereocenters. The van der Waals surface area contributed by atoms with Crippen LogP contribution >= 0.6 is 0 Å². The molecule has 0 aliphatic heterocycles. The molecule has 3 heterocycles. The molecule has 0 aliphatic rings. The Balaban J connectivity index is 1.85. The average molecular weight is 315 g/mol. The van der Waals surface area contributed by atoms with Crippen LogP contribution in [-0.2, 0) is 0 Å². The van der Waals surface area contributed by atoms with Crippen LogP contribution in [0.15, 0.2) is 21.4 Å². The maximum Gasteiger partial charge on any atom is 0.234 e. The number of hydrogen-bond acceptors (Lipinski definition) is 8. The molecule has 3 aromatic rings. The fourth-order valence-corrected chi connectivity index (χ4v) is 2.40. The lowest BCUT2D eigenvalue weighted by Gasteiger charge is -2.04. The second-order valence-electron chi connectivity index (χ2n) is 5.09. The van der Waals surface area contributed by atoms with Crippen molar-refractivity contribution in [2.75, 3.05) is 6.61 Å². The van der Waals surface area contributed by atoms with Crippen molar-refractivity contribution < 1.29 is 13.8 Å². The van der Waals surface area contributed by atoms with Gasteiger partial charge in [-0.3, -0.25) is 0 Å². The van der Waals surface area contributed by atoms with Crippen LogP contribution in [0.2, 0.25) is 0 Å². The molecular formula is C15H17N5O3. The molecule has 0 saturated carbocycles. The highest BCUT2D eigenvalue weighted by Crippen LogP contribution is 2.29. The minimum Gasteiger partial charge on any atom is -0.477 e. The van der Waals surface area contributed by atoms with Gasteiger partial charge in [-0.1, -0.05) is 10.3 Å². The summed E-state index contributed by atoms with van der Waals surface area (Å²) in [5.74, 6) is 1.96. The predicted molar refractivity (Wildman–Crippen MR) is 80.0 cm³/mol. The van der Waals surface area contributed by atoms with E-state index in [1.165, 1.54) is 6.20 Å². The van der Waals surface area contributed by atoms with Crippen molar-refractivity contribution in [1.82, 2.24) is 25.3 Å². The van der Waals surface area contributed by atoms with E-state index in [4.69, 9.17) is 13.8 Å². The fourth-order valence-electron chi connectivity index (χ4n) is 2.40. The molecule has 0 radical (unpaired) electrons. The zero-order valence-electron chi connectivity index (χ0n) is 13.4. The summed E-state index contributed by atoms with van der Waals surface area (Å²) in [6.07, 6.45) is 3.09. The standard InChI is InChI=1S/C15H17N5O3/c1-5-21-12-7-16-11(6-17-12)14-18-15(23-20-14)8(2)13-9(3)19-22-10(13)4/h6-8H,5H2,1-4H3. The zero-order chi connectivity index (χ0) is 16.4. The summed E-state index contributed by atoms with van der Waals surface area (Å²) in [6, 6.07) is 0. The van der Waals surface area contributed by atoms with Gasteiger partial charge in [0.05, 0.1) is 30.6 Å². The lowest BCUT2D eigenvalue weighted by molar-refractivity contribution is 0.325. The van der Waals surface area contributed by atoms with E-state index >= 15 is 0 Å². The fraction of sp³-hybridized carbons (Fsp3) is 0.400. The third kappa shape index (κ3) is 2.92. The Labute approximate surface area is 132 Å². The maximum atomic E-state index is 5.36. The summed E-state index contributed by atoms with van der Waals surface area (Å²) in [7, 11) is 0. The first-order valence-corrected chi connectivity index (χ1v) is 7.31. The van der Waals surface area contributed by atoms with Gasteiger partial charge in [0.15, 0.2) is 0 Å². The molecule has 3 aromatic heterocycles. The number of nitrogens with zero attached hydrogens (tertiary/aromatic N) is 5. The molecule has 0 saturated heterocycles. The first-order chi connectivity index (χ1) is 11.1. The molecule has 0 aliphatic carbocycles. The summed E-state index contributed by atoms with van der Waals surface area (Å²) in [4.78, 5) is 12.8. The van der Waals surface area contributed by atoms with E-state index in [0.717, 1.165) is 17.0 Å². The third-order valence-electron chi connectivity index (χ3n) is 3.48. The molecule has 0 fully saturated rings. The van der Waals surface area contributed by atoms with Crippen LogP contribution in [-0.4, -0.2) is 31.9 Å². The number of hydrogen-bond donors (Lipinski definition) is 0. The van der Waals surface area contributed by atoms with Gasteiger partial charge in [-0.05, 0) is 27.7 Å². The molecule has 0 bridgehead atoms. The van der Waals surface area contributed by atoms with Gasteiger partial charge < -0.3 is 13.8 Å². The van der Waals surface area contributed by atoms with Crippen LogP contribution in [0, 0.1) is 13.8 Å². The Morgan fingerprint density at radius 2 is 1.96 bits per heavy atom. The molecule has 8 nitrogen and oxygen atoms in total. The Kier molecular flexibility index (Phi) is 4.05. The van der Waals surface area contributed by atoms with Crippen molar-refractivity contribution in [3.05, 3.63) is 35.3 Å². The van der Waals surface area contributed by atoms with E-state index in [9.17, 15) is 0 Å². The second-order valence-corrected chi connectivity index (χ2v) is 5.09. The van der Waals surface area contributed by atoms with Gasteiger partial charge in [0.1, 0.15) is 11.5 Å². The highest BCUT2D eigenvalue weighted by atomic mass is 16.5. The van der Waals surface area contributed by atoms with Gasteiger partial charge in [-0.2, -0.15) is 4.98 Å². The summed E-state index contributed by atoms with van der Waals surface area (Å²) in [6.45, 7) is 8.14. The number of rotatable bonds is 5. The van der Waals surface area contributed by atoms with Crippen LogP contribution in [0.3, 0.4) is 0 Å². The molecule has 8 heteroatoms. The lowest BCUT2D eigenvalue weighted by atomic mass is 10.00. The smallest absolute Gasteiger partial charge is 0.234 e. The zero-order valence-corrected chi connectivity index (χ0v) is 13.4. The van der Waals surface area contributed by atoms with Crippen LogP contribution < -0.4 is 4.74 Å². The molecule has 0 spiro atoms. The third-order valence-corrected chi connectivity index (χ3v) is 3.48. The van der Waals surface area contributed by atoms with Gasteiger partial charge >= 0.3 is 0 Å². The van der Waals surface area contributed by atoms with Crippen LogP contribution in [0.1, 0.15) is 42.7 Å². The monoisotopic (exact) mass is 315 g/mol. The van der Waals surface area contributed by atoms with E-state index in [2.05, 4.69) is 25.3 Å². The van der Waals surface area contributed by atoms with Crippen molar-refractivity contribution in [3.63, 3.8) is 0 Å². The molecule has 3 rings (SSSR count). The molecule has 0 N–H and O–H groups in total. The topological polar surface area (TPSA) is 100.0 Å². The summed E-state index contributed by atoms with van der Waals surface area (Å²) >= 11 is 0. The summed E-state index contributed by atoms with van der Waals surface area (Å²) < 4.78 is 15.8. The Hall–Kier alpha value is -2.77. The van der Waals surface area contributed by atoms with Crippen LogP contribution in [0.25, 0.3) is 11.5 Å². The maximum absolute atomic E-state index is 5.36. The minimum absolute atomic E-state index is 0.113. The second kappa shape index (κ2) is 6.15. The largest absolute Gasteiger partial charge is 0.477 e. The van der Waals surface area contributed by atoms with Crippen LogP contribution in [0.4, 0.5) is 0 Å². The van der Waals surface area contributed by atoms with Gasteiger partial charge in [0.25, 0.3) is 0 Å². The minimum atomic E-state index is -0.113. The average Bonchev–Trinajstić information content (AvgIpc) is 3.15. The van der Waals surface area contributed by atoms with Crippen molar-refractivity contribution >= 4 is 0 Å². The summed E-state index contributed by atoms with van der Waals surface area (Å²) in [5.41, 5.74) is 2.29. The Morgan fingerprint density at radius 1 is 1.13 bits per heavy atom. The quantitative estimate of drug-likeness (QED) is 0.708. The van der Waals surface area contributed by atoms with Crippen LogP contribution in [0.5, 0.6) is 5.88 Å². The van der Waals surface area contributed by atoms with Gasteiger partial charge in [-0.25, -0.2) is 9.97 Å². The van der Waals surface area contributed by atoms with E-state index in [-0.39, 0.29) is 5.92 Å². The lowest BCUT2D eigenvalue weighted by Crippen LogP contribution is -1.99. The molecule has 23 heavy (non-hydrogen) atoms. The Morgan fingerprint density at radius 3 is 2.57 bits per heavy atom. The van der Waals surface area contributed by atoms with Crippen molar-refractivity contribution in [2.45, 2.75) is 33.6 Å². The van der Waals surface area contributed by atoms with Gasteiger partial charge in [0, 0.05) is 5.56 Å². The van der Waals surface area contributed by atoms with E-state index < -0.39 is 0 Å². The molecule has 1 atom stereocenters. The van der Waals surface area contributed by atoms with Crippen molar-refractivity contribution in [3.8, 4) is 17.4 Å². The van der Waals surface area contributed by atoms with E-state index in [1.54, 1.807) is 6.20 Å². The number of aryl methyl sites for hydroxylation is 2. The Bertz CT molecular complexity index is 774. The van der Waals surface area contributed by atoms with E-state index in [1.807, 2.05) is 27.7 Å². The first-order valence-electron chi connectivity index (χ1n) is 7.31. The molecular weight excluding hydrogens is 298 g/mol. The normalized spacial score (nSPS) is 12.3. The highest BCUT2D eigenvalue weighted by molar-refractivity contribution is 5.46. The number of ether oxygens (including phenoxy) is 1. The predicted octanol–water partition coefficient (Wildman–Crippen LogP) is 2.68. The first kappa shape index (κ1) is 15.1. The van der Waals surface area contributed by atoms with Crippen molar-refractivity contribution in [2.24, 2.45) is 0 Å². The van der Waals surface area contributed by atoms with Gasteiger partial charge in [0.2, 0.25) is 17.6 Å². The molecule has 120 valence electrons. The van der Waals surface area contributed by atoms with Gasteiger partial charge in [-0.15, -0.1) is 0 Å². The molecule has 0 aromatic carbocycles.